The number of fused-ring (bicyclic) bond motifs is 2. The van der Waals surface area contributed by atoms with Crippen molar-refractivity contribution in [3.63, 3.8) is 0 Å². The fourth-order valence-electron chi connectivity index (χ4n) is 5.57. The number of aryl methyl sites for hydroxylation is 3. The minimum absolute atomic E-state index is 0.0912. The van der Waals surface area contributed by atoms with Crippen LogP contribution in [0.4, 0.5) is 5.69 Å². The maximum atomic E-state index is 13.5. The van der Waals surface area contributed by atoms with Gasteiger partial charge in [0.2, 0.25) is 0 Å². The number of nitro groups is 1. The van der Waals surface area contributed by atoms with Gasteiger partial charge in [0.05, 0.1) is 26.9 Å². The Labute approximate surface area is 220 Å². The van der Waals surface area contributed by atoms with Crippen LogP contribution in [0.25, 0.3) is 21.9 Å². The molecule has 4 aromatic rings. The lowest BCUT2D eigenvalue weighted by Crippen LogP contribution is -2.46. The summed E-state index contributed by atoms with van der Waals surface area (Å²) >= 11 is 0. The summed E-state index contributed by atoms with van der Waals surface area (Å²) in [7, 11) is 1.55. The topological polar surface area (TPSA) is 155 Å². The Morgan fingerprint density at radius 3 is 2.18 bits per heavy atom. The molecule has 1 amide bonds. The molecule has 1 fully saturated rings. The largest absolute Gasteiger partial charge is 0.508 e. The van der Waals surface area contributed by atoms with Crippen molar-refractivity contribution in [3.05, 3.63) is 77.3 Å². The van der Waals surface area contributed by atoms with Crippen LogP contribution in [0.15, 0.2) is 44.7 Å². The molecule has 2 aromatic carbocycles. The highest BCUT2D eigenvalue weighted by molar-refractivity contribution is 6.02. The molecule has 2 aromatic heterocycles. The number of benzene rings is 2. The van der Waals surface area contributed by atoms with E-state index >= 15 is 0 Å². The van der Waals surface area contributed by atoms with Crippen LogP contribution in [0.1, 0.15) is 43.1 Å². The van der Waals surface area contributed by atoms with Crippen LogP contribution in [0.5, 0.6) is 5.75 Å². The van der Waals surface area contributed by atoms with Crippen molar-refractivity contribution in [2.24, 2.45) is 7.05 Å². The van der Waals surface area contributed by atoms with Crippen LogP contribution in [0.3, 0.4) is 0 Å². The summed E-state index contributed by atoms with van der Waals surface area (Å²) in [5.74, 6) is -0.642. The normalized spacial score (nSPS) is 14.4. The Morgan fingerprint density at radius 2 is 1.59 bits per heavy atom. The minimum atomic E-state index is -0.624. The van der Waals surface area contributed by atoms with Gasteiger partial charge in [-0.3, -0.25) is 38.0 Å². The first-order valence-corrected chi connectivity index (χ1v) is 12.7. The second-order valence-electron chi connectivity index (χ2n) is 9.63. The smallest absolute Gasteiger partial charge is 0.331 e. The summed E-state index contributed by atoms with van der Waals surface area (Å²) in [5.41, 5.74) is -0.580. The van der Waals surface area contributed by atoms with Crippen molar-refractivity contribution >= 4 is 33.5 Å². The average Bonchev–Trinajstić information content (AvgIpc) is 3.20. The molecule has 1 aliphatic rings. The average molecular weight is 537 g/mol. The van der Waals surface area contributed by atoms with Gasteiger partial charge >= 0.3 is 11.4 Å². The van der Waals surface area contributed by atoms with Crippen molar-refractivity contribution in [1.29, 1.82) is 0 Å². The summed E-state index contributed by atoms with van der Waals surface area (Å²) in [4.78, 5) is 65.3. The highest BCUT2D eigenvalue weighted by Crippen LogP contribution is 2.29. The molecule has 0 aliphatic carbocycles. The summed E-state index contributed by atoms with van der Waals surface area (Å²) < 4.78 is 5.42. The number of rotatable bonds is 5. The quantitative estimate of drug-likeness (QED) is 0.302. The monoisotopic (exact) mass is 536 g/mol. The number of nitrogens with zero attached hydrogens (tertiary/aromatic N) is 6. The first kappa shape index (κ1) is 25.9. The summed E-state index contributed by atoms with van der Waals surface area (Å²) in [6.07, 6.45) is 0.570. The van der Waals surface area contributed by atoms with Crippen molar-refractivity contribution < 1.29 is 14.8 Å². The molecule has 1 saturated heterocycles. The number of piperidine rings is 1. The molecule has 0 atom stereocenters. The third kappa shape index (κ3) is 4.01. The van der Waals surface area contributed by atoms with Crippen LogP contribution in [-0.2, 0) is 20.1 Å². The number of nitro benzene ring substituents is 1. The predicted octanol–water partition coefficient (Wildman–Crippen LogP) is 1.95. The minimum Gasteiger partial charge on any atom is -0.508 e. The summed E-state index contributed by atoms with van der Waals surface area (Å²) in [6.45, 7) is 4.56. The lowest BCUT2D eigenvalue weighted by Gasteiger charge is -2.32. The van der Waals surface area contributed by atoms with E-state index in [9.17, 15) is 34.4 Å². The van der Waals surface area contributed by atoms with Crippen LogP contribution in [-0.4, -0.2) is 52.2 Å². The van der Waals surface area contributed by atoms with Gasteiger partial charge in [-0.15, -0.1) is 0 Å². The first-order valence-electron chi connectivity index (χ1n) is 12.7. The van der Waals surface area contributed by atoms with E-state index in [2.05, 4.69) is 0 Å². The van der Waals surface area contributed by atoms with Gasteiger partial charge in [-0.25, -0.2) is 9.59 Å². The second-order valence-corrected chi connectivity index (χ2v) is 9.63. The van der Waals surface area contributed by atoms with E-state index in [1.54, 1.807) is 20.9 Å². The molecular weight excluding hydrogens is 508 g/mol. The third-order valence-corrected chi connectivity index (χ3v) is 7.60. The number of amides is 1. The molecule has 0 spiro atoms. The van der Waals surface area contributed by atoms with E-state index in [1.807, 2.05) is 0 Å². The van der Waals surface area contributed by atoms with Crippen LogP contribution in [0.2, 0.25) is 0 Å². The molecule has 5 rings (SSSR count). The van der Waals surface area contributed by atoms with Gasteiger partial charge in [0, 0.05) is 45.3 Å². The van der Waals surface area contributed by atoms with Crippen molar-refractivity contribution in [1.82, 2.24) is 23.2 Å². The molecule has 204 valence electrons. The zero-order valence-corrected chi connectivity index (χ0v) is 21.8. The van der Waals surface area contributed by atoms with Gasteiger partial charge in [-0.1, -0.05) is 0 Å². The fourth-order valence-corrected chi connectivity index (χ4v) is 5.57. The highest BCUT2D eigenvalue weighted by atomic mass is 16.6. The van der Waals surface area contributed by atoms with E-state index in [0.29, 0.717) is 29.6 Å². The molecule has 1 aliphatic heterocycles. The van der Waals surface area contributed by atoms with Crippen molar-refractivity contribution in [2.45, 2.75) is 45.8 Å². The molecule has 13 nitrogen and oxygen atoms in total. The number of aromatic hydroxyl groups is 1. The van der Waals surface area contributed by atoms with E-state index in [1.165, 1.54) is 48.9 Å². The number of phenolic OH excluding ortho intramolecular Hbond substituents is 1. The first-order chi connectivity index (χ1) is 18.6. The fraction of sp³-hybridized carbons (Fsp3) is 0.385. The maximum absolute atomic E-state index is 13.5. The molecule has 0 saturated carbocycles. The number of aromatic nitrogens is 4. The molecule has 0 bridgehead atoms. The number of carbonyl (C=O) groups excluding carboxylic acids is 1. The Kier molecular flexibility index (Phi) is 6.36. The molecule has 13 heteroatoms. The number of imidazole rings is 1. The van der Waals surface area contributed by atoms with Crippen LogP contribution < -0.4 is 16.9 Å². The number of hydrogen-bond donors (Lipinski definition) is 1. The molecule has 0 radical (unpaired) electrons. The molecule has 0 unspecified atom stereocenters. The molecule has 1 N–H and O–H groups in total. The zero-order valence-electron chi connectivity index (χ0n) is 21.8. The third-order valence-electron chi connectivity index (χ3n) is 7.60. The van der Waals surface area contributed by atoms with E-state index in [-0.39, 0.29) is 54.0 Å². The Balaban J connectivity index is 1.49. The second kappa shape index (κ2) is 9.57. The molecular formula is C26H28N6O7. The standard InChI is InChI=1S/C26H28N6O7/c1-4-29-21-13-18(20(32(38)39)14-22(21)30(5-2)26(29)37)23(34)28-10-8-15(9-11-28)31-24(35)17-12-16(33)6-7-19(17)27(3)25(31)36/h6-7,12-15,33H,4-5,8-11H2,1-3H3. The van der Waals surface area contributed by atoms with Gasteiger partial charge in [-0.05, 0) is 51.0 Å². The zero-order chi connectivity index (χ0) is 28.2. The van der Waals surface area contributed by atoms with Gasteiger partial charge in [-0.2, -0.15) is 0 Å². The van der Waals surface area contributed by atoms with Gasteiger partial charge in [0.1, 0.15) is 11.3 Å². The number of phenols is 1. The highest BCUT2D eigenvalue weighted by Gasteiger charge is 2.32. The molecule has 3 heterocycles. The number of carbonyl (C=O) groups is 1. The summed E-state index contributed by atoms with van der Waals surface area (Å²) in [5, 5.41) is 22.0. The van der Waals surface area contributed by atoms with Crippen molar-refractivity contribution in [2.75, 3.05) is 13.1 Å². The van der Waals surface area contributed by atoms with Gasteiger partial charge < -0.3 is 10.0 Å². The lowest BCUT2D eigenvalue weighted by molar-refractivity contribution is -0.385. The summed E-state index contributed by atoms with van der Waals surface area (Å²) in [6, 6.07) is 6.44. The van der Waals surface area contributed by atoms with Gasteiger partial charge in [0.15, 0.2) is 0 Å². The SMILES string of the molecule is CCn1c(=O)n(CC)c2cc([N+](=O)[O-])c(C(=O)N3CCC(n4c(=O)c5cc(O)ccc5n(C)c4=O)CC3)cc21. The van der Waals surface area contributed by atoms with Crippen LogP contribution in [0, 0.1) is 10.1 Å². The predicted molar refractivity (Wildman–Crippen MR) is 143 cm³/mol. The van der Waals surface area contributed by atoms with E-state index in [4.69, 9.17) is 0 Å². The Bertz CT molecular complexity index is 1840. The van der Waals surface area contributed by atoms with Crippen LogP contribution >= 0.6 is 0 Å². The number of likely N-dealkylation sites (tertiary alicyclic amines) is 1. The Morgan fingerprint density at radius 1 is 0.974 bits per heavy atom. The van der Waals surface area contributed by atoms with E-state index < -0.39 is 28.1 Å². The number of hydrogen-bond acceptors (Lipinski definition) is 7. The lowest BCUT2D eigenvalue weighted by atomic mass is 10.0. The Hall–Kier alpha value is -4.68. The van der Waals surface area contributed by atoms with E-state index in [0.717, 1.165) is 4.57 Å². The van der Waals surface area contributed by atoms with Crippen molar-refractivity contribution in [3.8, 4) is 5.75 Å². The van der Waals surface area contributed by atoms with Gasteiger partial charge in [0.25, 0.3) is 17.2 Å². The molecule has 39 heavy (non-hydrogen) atoms. The maximum Gasteiger partial charge on any atom is 0.331 e.